The highest BCUT2D eigenvalue weighted by atomic mass is 35.5. The molecule has 4 heavy (non-hydrogen) atoms. The maximum Gasteiger partial charge on any atom is 0.0606 e. The molecule has 26 valence electrons. The smallest absolute Gasteiger partial charge is 0.0606 e. The molecule has 0 saturated carbocycles. The SMILES string of the molecule is [SiH3]COCl. The molecule has 0 aliphatic rings. The topological polar surface area (TPSA) is 9.23 Å². The molecular weight excluding hydrogens is 91.5 g/mol. The molecule has 0 fully saturated rings. The van der Waals surface area contributed by atoms with Crippen LogP contribution in [0, 0.1) is 0 Å². The normalized spacial score (nSPS) is 8.25. The van der Waals surface area contributed by atoms with Crippen molar-refractivity contribution in [3.05, 3.63) is 0 Å². The molecule has 0 aliphatic heterocycles. The summed E-state index contributed by atoms with van der Waals surface area (Å²) in [6.45, 7) is 0. The average molecular weight is 96.6 g/mol. The minimum atomic E-state index is 0.724. The second kappa shape index (κ2) is 3.47. The standard InChI is InChI=1S/CH5ClOSi/c2-3-1-4/h1H2,4H3. The monoisotopic (exact) mass is 96.0 g/mol. The van der Waals surface area contributed by atoms with Gasteiger partial charge in [0.25, 0.3) is 0 Å². The Bertz CT molecular complexity index is 10.0. The van der Waals surface area contributed by atoms with E-state index in [0.29, 0.717) is 0 Å². The van der Waals surface area contributed by atoms with E-state index in [9.17, 15) is 0 Å². The summed E-state index contributed by atoms with van der Waals surface area (Å²) in [6.07, 6.45) is 0.724. The largest absolute Gasteiger partial charge is 0.284 e. The molecule has 0 aromatic rings. The van der Waals surface area contributed by atoms with E-state index in [1.165, 1.54) is 0 Å². The Morgan fingerprint density at radius 2 is 2.25 bits per heavy atom. The number of hydrogen-bond donors (Lipinski definition) is 0. The summed E-state index contributed by atoms with van der Waals surface area (Å²) in [5.74, 6) is 0. The molecule has 1 nitrogen and oxygen atoms in total. The molecular formula is CH5ClOSi. The fourth-order valence-electron chi connectivity index (χ4n) is 0. The van der Waals surface area contributed by atoms with Gasteiger partial charge in [0.2, 0.25) is 0 Å². The van der Waals surface area contributed by atoms with Crippen molar-refractivity contribution in [2.75, 3.05) is 6.23 Å². The Morgan fingerprint density at radius 3 is 2.25 bits per heavy atom. The zero-order chi connectivity index (χ0) is 3.41. The lowest BCUT2D eigenvalue weighted by Gasteiger charge is -1.70. The van der Waals surface area contributed by atoms with Crippen LogP contribution in [0.2, 0.25) is 0 Å². The van der Waals surface area contributed by atoms with Crippen LogP contribution in [0.4, 0.5) is 0 Å². The number of halogens is 1. The van der Waals surface area contributed by atoms with Crippen molar-refractivity contribution in [2.45, 2.75) is 0 Å². The predicted molar refractivity (Wildman–Crippen MR) is 21.7 cm³/mol. The molecule has 0 heterocycles. The highest BCUT2D eigenvalue weighted by Gasteiger charge is 1.56. The van der Waals surface area contributed by atoms with Crippen LogP contribution < -0.4 is 0 Å². The third-order valence-electron chi connectivity index (χ3n) is 0.109. The molecule has 3 heteroatoms. The van der Waals surface area contributed by atoms with E-state index in [2.05, 4.69) is 4.29 Å². The maximum absolute atomic E-state index is 4.72. The van der Waals surface area contributed by atoms with E-state index in [0.717, 1.165) is 16.5 Å². The predicted octanol–water partition coefficient (Wildman–Crippen LogP) is -0.520. The molecule has 0 aromatic carbocycles. The van der Waals surface area contributed by atoms with Gasteiger partial charge in [-0.25, -0.2) is 0 Å². The Kier molecular flexibility index (Phi) is 3.87. The van der Waals surface area contributed by atoms with Crippen LogP contribution in [0.25, 0.3) is 0 Å². The van der Waals surface area contributed by atoms with E-state index in [1.807, 2.05) is 0 Å². The van der Waals surface area contributed by atoms with Crippen molar-refractivity contribution in [3.63, 3.8) is 0 Å². The first kappa shape index (κ1) is 4.47. The van der Waals surface area contributed by atoms with Crippen LogP contribution >= 0.6 is 11.9 Å². The third-order valence-corrected chi connectivity index (χ3v) is 0.982. The summed E-state index contributed by atoms with van der Waals surface area (Å²) in [7, 11) is 1.04. The van der Waals surface area contributed by atoms with E-state index in [1.54, 1.807) is 0 Å². The van der Waals surface area contributed by atoms with Crippen LogP contribution in [0.3, 0.4) is 0 Å². The van der Waals surface area contributed by atoms with Crippen LogP contribution in [0.1, 0.15) is 0 Å². The molecule has 0 unspecified atom stereocenters. The van der Waals surface area contributed by atoms with Gasteiger partial charge in [-0.1, -0.05) is 0 Å². The lowest BCUT2D eigenvalue weighted by molar-refractivity contribution is 0.432. The molecule has 0 rings (SSSR count). The van der Waals surface area contributed by atoms with Gasteiger partial charge in [-0.15, -0.1) is 0 Å². The van der Waals surface area contributed by atoms with Gasteiger partial charge in [0.1, 0.15) is 0 Å². The molecule has 0 saturated heterocycles. The van der Waals surface area contributed by atoms with Gasteiger partial charge in [-0.3, -0.25) is 4.29 Å². The van der Waals surface area contributed by atoms with Gasteiger partial charge >= 0.3 is 0 Å². The van der Waals surface area contributed by atoms with Crippen molar-refractivity contribution < 1.29 is 4.29 Å². The molecule has 0 radical (unpaired) electrons. The second-order valence-electron chi connectivity index (χ2n) is 0.398. The van der Waals surface area contributed by atoms with Crippen molar-refractivity contribution >= 4 is 22.1 Å². The van der Waals surface area contributed by atoms with Crippen molar-refractivity contribution in [3.8, 4) is 0 Å². The Morgan fingerprint density at radius 1 is 2.00 bits per heavy atom. The van der Waals surface area contributed by atoms with E-state index in [-0.39, 0.29) is 0 Å². The molecule has 0 aliphatic carbocycles. The second-order valence-corrected chi connectivity index (χ2v) is 1.19. The number of hydrogen-bond acceptors (Lipinski definition) is 1. The van der Waals surface area contributed by atoms with E-state index >= 15 is 0 Å². The van der Waals surface area contributed by atoms with Gasteiger partial charge in [-0.2, -0.15) is 0 Å². The number of rotatable bonds is 1. The average Bonchev–Trinajstić information content (AvgIpc) is 1.37. The summed E-state index contributed by atoms with van der Waals surface area (Å²) in [4.78, 5) is 0. The Labute approximate surface area is 33.5 Å². The van der Waals surface area contributed by atoms with E-state index < -0.39 is 0 Å². The first-order valence-electron chi connectivity index (χ1n) is 1.15. The highest BCUT2D eigenvalue weighted by molar-refractivity contribution is 6.13. The molecule has 0 aromatic heterocycles. The van der Waals surface area contributed by atoms with Gasteiger partial charge in [-0.05, 0) is 0 Å². The minimum Gasteiger partial charge on any atom is -0.284 e. The summed E-state index contributed by atoms with van der Waals surface area (Å²) in [6, 6.07) is 0. The fourth-order valence-corrected chi connectivity index (χ4v) is 0. The van der Waals surface area contributed by atoms with Gasteiger partial charge in [0.05, 0.1) is 11.9 Å². The molecule has 0 atom stereocenters. The van der Waals surface area contributed by atoms with Crippen molar-refractivity contribution in [1.29, 1.82) is 0 Å². The summed E-state index contributed by atoms with van der Waals surface area (Å²) < 4.78 is 4.08. The first-order chi connectivity index (χ1) is 1.91. The summed E-state index contributed by atoms with van der Waals surface area (Å²) in [5, 5.41) is 0. The fraction of sp³-hybridized carbons (Fsp3) is 1.00. The lowest BCUT2D eigenvalue weighted by Crippen LogP contribution is -1.74. The molecule has 0 bridgehead atoms. The molecule has 0 spiro atoms. The lowest BCUT2D eigenvalue weighted by atomic mass is 11.7. The van der Waals surface area contributed by atoms with Gasteiger partial charge in [0, 0.05) is 16.5 Å². The zero-order valence-corrected chi connectivity index (χ0v) is 5.25. The van der Waals surface area contributed by atoms with Gasteiger partial charge in [0.15, 0.2) is 0 Å². The highest BCUT2D eigenvalue weighted by Crippen LogP contribution is 1.67. The van der Waals surface area contributed by atoms with Crippen LogP contribution in [-0.2, 0) is 4.29 Å². The van der Waals surface area contributed by atoms with Crippen molar-refractivity contribution in [2.24, 2.45) is 0 Å². The maximum atomic E-state index is 4.72. The minimum absolute atomic E-state index is 0.724. The third kappa shape index (κ3) is 2.47. The van der Waals surface area contributed by atoms with Crippen LogP contribution in [0.15, 0.2) is 0 Å². The zero-order valence-electron chi connectivity index (χ0n) is 2.49. The summed E-state index contributed by atoms with van der Waals surface area (Å²) >= 11 is 4.72. The van der Waals surface area contributed by atoms with Crippen LogP contribution in [-0.4, -0.2) is 16.5 Å². The van der Waals surface area contributed by atoms with Crippen LogP contribution in [0.5, 0.6) is 0 Å². The van der Waals surface area contributed by atoms with Crippen molar-refractivity contribution in [1.82, 2.24) is 0 Å². The Hall–Kier alpha value is 0.467. The molecule has 0 N–H and O–H groups in total. The molecule has 0 amide bonds. The first-order valence-corrected chi connectivity index (χ1v) is 2.87. The summed E-state index contributed by atoms with van der Waals surface area (Å²) in [5.41, 5.74) is 0. The van der Waals surface area contributed by atoms with Gasteiger partial charge < -0.3 is 0 Å². The van der Waals surface area contributed by atoms with E-state index in [4.69, 9.17) is 11.9 Å². The quantitative estimate of drug-likeness (QED) is 0.399. The Balaban J connectivity index is 1.97.